The minimum Gasteiger partial charge on any atom is -0.324 e. The van der Waals surface area contributed by atoms with Gasteiger partial charge in [0.2, 0.25) is 0 Å². The maximum atomic E-state index is 12.8. The summed E-state index contributed by atoms with van der Waals surface area (Å²) in [5, 5.41) is 0. The molecule has 0 aromatic heterocycles. The van der Waals surface area contributed by atoms with Crippen molar-refractivity contribution in [1.29, 1.82) is 0 Å². The molecule has 2 amide bonds. The molecule has 0 aromatic carbocycles. The van der Waals surface area contributed by atoms with E-state index in [2.05, 4.69) is 6.92 Å². The molecule has 114 valence electrons. The molecular weight excluding hydrogens is 252 g/mol. The summed E-state index contributed by atoms with van der Waals surface area (Å²) in [4.78, 5) is 28.3. The molecule has 2 rings (SSSR count). The number of nitrogens with zero attached hydrogens (tertiary/aromatic N) is 2. The fraction of sp³-hybridized carbons (Fsp3) is 0.875. The summed E-state index contributed by atoms with van der Waals surface area (Å²) in [5.74, 6) is 0.799. The molecule has 0 bridgehead atoms. The van der Waals surface area contributed by atoms with Crippen LogP contribution in [0.3, 0.4) is 0 Å². The summed E-state index contributed by atoms with van der Waals surface area (Å²) in [6.07, 6.45) is 7.22. The Morgan fingerprint density at radius 1 is 1.05 bits per heavy atom. The number of carbonyl (C=O) groups excluding carboxylic acids is 2. The van der Waals surface area contributed by atoms with Crippen LogP contribution in [0.25, 0.3) is 0 Å². The second kappa shape index (κ2) is 7.09. The third kappa shape index (κ3) is 3.97. The minimum absolute atomic E-state index is 0.125. The zero-order valence-corrected chi connectivity index (χ0v) is 12.9. The van der Waals surface area contributed by atoms with Gasteiger partial charge in [0.25, 0.3) is 0 Å². The Kier molecular flexibility index (Phi) is 5.44. The number of likely N-dealkylation sites (tertiary alicyclic amines) is 2. The standard InChI is InChI=1S/C16H28N2O2/c1-13-7-6-9-17(12-13)16(20)18-10-5-3-4-8-15(18)11-14(2)19/h13,15H,3-12H2,1-2H3. The van der Waals surface area contributed by atoms with Gasteiger partial charge in [0.1, 0.15) is 5.78 Å². The van der Waals surface area contributed by atoms with E-state index in [9.17, 15) is 9.59 Å². The fourth-order valence-electron chi connectivity index (χ4n) is 3.52. The van der Waals surface area contributed by atoms with E-state index in [-0.39, 0.29) is 17.9 Å². The topological polar surface area (TPSA) is 40.6 Å². The lowest BCUT2D eigenvalue weighted by Crippen LogP contribution is -2.51. The molecule has 0 radical (unpaired) electrons. The molecule has 0 N–H and O–H groups in total. The highest BCUT2D eigenvalue weighted by molar-refractivity contribution is 5.79. The summed E-state index contributed by atoms with van der Waals surface area (Å²) in [5.41, 5.74) is 0. The van der Waals surface area contributed by atoms with Crippen molar-refractivity contribution < 1.29 is 9.59 Å². The van der Waals surface area contributed by atoms with E-state index in [1.165, 1.54) is 12.8 Å². The summed E-state index contributed by atoms with van der Waals surface area (Å²) >= 11 is 0. The number of piperidine rings is 1. The molecule has 2 fully saturated rings. The van der Waals surface area contributed by atoms with E-state index in [0.29, 0.717) is 12.3 Å². The Morgan fingerprint density at radius 3 is 2.55 bits per heavy atom. The van der Waals surface area contributed by atoms with Crippen LogP contribution in [-0.4, -0.2) is 47.3 Å². The van der Waals surface area contributed by atoms with Crippen LogP contribution in [0, 0.1) is 5.92 Å². The Balaban J connectivity index is 2.04. The SMILES string of the molecule is CC(=O)CC1CCCCCN1C(=O)N1CCCC(C)C1. The number of rotatable bonds is 2. The van der Waals surface area contributed by atoms with Gasteiger partial charge in [-0.05, 0) is 38.5 Å². The van der Waals surface area contributed by atoms with Gasteiger partial charge < -0.3 is 9.80 Å². The molecule has 4 nitrogen and oxygen atoms in total. The summed E-state index contributed by atoms with van der Waals surface area (Å²) in [6, 6.07) is 0.296. The number of ketones is 1. The van der Waals surface area contributed by atoms with Gasteiger partial charge in [0.05, 0.1) is 0 Å². The van der Waals surface area contributed by atoms with Gasteiger partial charge >= 0.3 is 6.03 Å². The minimum atomic E-state index is 0.125. The van der Waals surface area contributed by atoms with Crippen LogP contribution in [0.5, 0.6) is 0 Å². The molecule has 4 heteroatoms. The predicted octanol–water partition coefficient (Wildman–Crippen LogP) is 3.06. The molecule has 2 heterocycles. The second-order valence-corrected chi connectivity index (χ2v) is 6.58. The smallest absolute Gasteiger partial charge is 0.320 e. The van der Waals surface area contributed by atoms with E-state index < -0.39 is 0 Å². The first-order chi connectivity index (χ1) is 9.58. The van der Waals surface area contributed by atoms with Gasteiger partial charge in [-0.3, -0.25) is 4.79 Å². The van der Waals surface area contributed by atoms with Gasteiger partial charge in [-0.15, -0.1) is 0 Å². The molecule has 2 aliphatic rings. The van der Waals surface area contributed by atoms with Crippen LogP contribution in [-0.2, 0) is 4.79 Å². The number of Topliss-reactive ketones (excluding diaryl/α,β-unsaturated/α-hetero) is 1. The fourth-order valence-corrected chi connectivity index (χ4v) is 3.52. The molecular formula is C16H28N2O2. The van der Waals surface area contributed by atoms with Crippen molar-refractivity contribution in [2.24, 2.45) is 5.92 Å². The first kappa shape index (κ1) is 15.3. The van der Waals surface area contributed by atoms with Gasteiger partial charge in [0.15, 0.2) is 0 Å². The molecule has 0 spiro atoms. The predicted molar refractivity (Wildman–Crippen MR) is 79.6 cm³/mol. The molecule has 0 aliphatic carbocycles. The summed E-state index contributed by atoms with van der Waals surface area (Å²) in [6.45, 7) is 6.43. The quantitative estimate of drug-likeness (QED) is 0.780. The Hall–Kier alpha value is -1.06. The maximum absolute atomic E-state index is 12.8. The highest BCUT2D eigenvalue weighted by Gasteiger charge is 2.31. The van der Waals surface area contributed by atoms with Crippen LogP contribution in [0.4, 0.5) is 4.79 Å². The van der Waals surface area contributed by atoms with Crippen molar-refractivity contribution in [2.75, 3.05) is 19.6 Å². The highest BCUT2D eigenvalue weighted by Crippen LogP contribution is 2.23. The average molecular weight is 280 g/mol. The zero-order valence-electron chi connectivity index (χ0n) is 12.9. The van der Waals surface area contributed by atoms with Crippen molar-refractivity contribution in [3.63, 3.8) is 0 Å². The lowest BCUT2D eigenvalue weighted by molar-refractivity contribution is -0.118. The number of urea groups is 1. The van der Waals surface area contributed by atoms with E-state index >= 15 is 0 Å². The van der Waals surface area contributed by atoms with E-state index in [1.54, 1.807) is 6.92 Å². The number of hydrogen-bond acceptors (Lipinski definition) is 2. The normalized spacial score (nSPS) is 28.1. The monoisotopic (exact) mass is 280 g/mol. The molecule has 2 unspecified atom stereocenters. The number of amides is 2. The van der Waals surface area contributed by atoms with E-state index in [1.807, 2.05) is 9.80 Å². The van der Waals surface area contributed by atoms with Crippen molar-refractivity contribution in [1.82, 2.24) is 9.80 Å². The van der Waals surface area contributed by atoms with E-state index in [4.69, 9.17) is 0 Å². The lowest BCUT2D eigenvalue weighted by Gasteiger charge is -2.38. The van der Waals surface area contributed by atoms with Crippen LogP contribution in [0.2, 0.25) is 0 Å². The van der Waals surface area contributed by atoms with Crippen molar-refractivity contribution >= 4 is 11.8 Å². The largest absolute Gasteiger partial charge is 0.324 e. The first-order valence-corrected chi connectivity index (χ1v) is 8.13. The lowest BCUT2D eigenvalue weighted by atomic mass is 10.0. The summed E-state index contributed by atoms with van der Waals surface area (Å²) < 4.78 is 0. The molecule has 2 atom stereocenters. The first-order valence-electron chi connectivity index (χ1n) is 8.13. The van der Waals surface area contributed by atoms with Gasteiger partial charge in [-0.2, -0.15) is 0 Å². The molecule has 20 heavy (non-hydrogen) atoms. The molecule has 0 aromatic rings. The van der Waals surface area contributed by atoms with Crippen molar-refractivity contribution in [3.05, 3.63) is 0 Å². The van der Waals surface area contributed by atoms with Crippen LogP contribution in [0.15, 0.2) is 0 Å². The maximum Gasteiger partial charge on any atom is 0.320 e. The average Bonchev–Trinajstić information content (AvgIpc) is 2.63. The van der Waals surface area contributed by atoms with Gasteiger partial charge in [0, 0.05) is 32.1 Å². The van der Waals surface area contributed by atoms with Crippen LogP contribution < -0.4 is 0 Å². The molecule has 2 saturated heterocycles. The van der Waals surface area contributed by atoms with Gasteiger partial charge in [-0.25, -0.2) is 4.79 Å². The van der Waals surface area contributed by atoms with Crippen LogP contribution >= 0.6 is 0 Å². The van der Waals surface area contributed by atoms with E-state index in [0.717, 1.165) is 45.3 Å². The van der Waals surface area contributed by atoms with Crippen molar-refractivity contribution in [2.45, 2.75) is 64.8 Å². The Labute approximate surface area is 122 Å². The van der Waals surface area contributed by atoms with Crippen LogP contribution in [0.1, 0.15) is 58.8 Å². The Morgan fingerprint density at radius 2 is 1.85 bits per heavy atom. The number of hydrogen-bond donors (Lipinski definition) is 0. The number of carbonyl (C=O) groups is 2. The molecule has 2 aliphatic heterocycles. The highest BCUT2D eigenvalue weighted by atomic mass is 16.2. The van der Waals surface area contributed by atoms with Crippen molar-refractivity contribution in [3.8, 4) is 0 Å². The molecule has 0 saturated carbocycles. The Bertz CT molecular complexity index is 356. The second-order valence-electron chi connectivity index (χ2n) is 6.58. The third-order valence-corrected chi connectivity index (χ3v) is 4.57. The summed E-state index contributed by atoms with van der Waals surface area (Å²) in [7, 11) is 0. The van der Waals surface area contributed by atoms with Gasteiger partial charge in [-0.1, -0.05) is 19.8 Å². The zero-order chi connectivity index (χ0) is 14.5. The third-order valence-electron chi connectivity index (χ3n) is 4.57.